The smallest absolute Gasteiger partial charge is 0.161 e. The molecule has 6 nitrogen and oxygen atoms in total. The number of anilines is 1. The lowest BCUT2D eigenvalue weighted by molar-refractivity contribution is 0.0761. The summed E-state index contributed by atoms with van der Waals surface area (Å²) in [4.78, 5) is 10.1. The van der Waals surface area contributed by atoms with Crippen LogP contribution >= 0.6 is 0 Å². The van der Waals surface area contributed by atoms with Gasteiger partial charge >= 0.3 is 0 Å². The highest BCUT2D eigenvalue weighted by Gasteiger charge is 2.23. The first-order valence-electron chi connectivity index (χ1n) is 5.24. The maximum absolute atomic E-state index is 9.01. The number of hydrogen-bond donors (Lipinski definition) is 0. The molecule has 0 aliphatic carbocycles. The Balaban J connectivity index is 2.30. The first-order chi connectivity index (χ1) is 8.24. The number of aromatic nitrogens is 2. The van der Waals surface area contributed by atoms with Gasteiger partial charge < -0.3 is 9.64 Å². The summed E-state index contributed by atoms with van der Waals surface area (Å²) in [7, 11) is 0. The van der Waals surface area contributed by atoms with Crippen molar-refractivity contribution in [1.82, 2.24) is 9.97 Å². The molecule has 1 aromatic rings. The highest BCUT2D eigenvalue weighted by atomic mass is 16.5. The second-order valence-electron chi connectivity index (χ2n) is 3.70. The van der Waals surface area contributed by atoms with Gasteiger partial charge in [0.1, 0.15) is 23.3 Å². The summed E-state index contributed by atoms with van der Waals surface area (Å²) in [5, 5.41) is 17.8. The van der Waals surface area contributed by atoms with Crippen LogP contribution in [0, 0.1) is 29.6 Å². The van der Waals surface area contributed by atoms with E-state index in [-0.39, 0.29) is 0 Å². The third kappa shape index (κ3) is 2.32. The Kier molecular flexibility index (Phi) is 3.17. The lowest BCUT2D eigenvalue weighted by Crippen LogP contribution is -2.42. The normalized spacial score (nSPS) is 19.5. The van der Waals surface area contributed by atoms with Gasteiger partial charge in [0, 0.05) is 6.54 Å². The molecule has 2 rings (SSSR count). The van der Waals surface area contributed by atoms with Gasteiger partial charge in [-0.25, -0.2) is 9.97 Å². The lowest BCUT2D eigenvalue weighted by atomic mass is 10.2. The molecule has 0 amide bonds. The SMILES string of the molecule is Cc1ncc(C#N)c(N2CCOC(C#N)C2)n1. The minimum Gasteiger partial charge on any atom is -0.360 e. The van der Waals surface area contributed by atoms with Gasteiger partial charge in [0.2, 0.25) is 0 Å². The minimum atomic E-state index is -0.467. The fraction of sp³-hybridized carbons (Fsp3) is 0.455. The number of morpholine rings is 1. The second-order valence-corrected chi connectivity index (χ2v) is 3.70. The lowest BCUT2D eigenvalue weighted by Gasteiger charge is -2.31. The molecular formula is C11H11N5O. The van der Waals surface area contributed by atoms with E-state index in [0.29, 0.717) is 36.9 Å². The highest BCUT2D eigenvalue weighted by Crippen LogP contribution is 2.19. The first-order valence-corrected chi connectivity index (χ1v) is 5.24. The van der Waals surface area contributed by atoms with Crippen LogP contribution in [-0.2, 0) is 4.74 Å². The van der Waals surface area contributed by atoms with Gasteiger partial charge in [0.05, 0.1) is 25.4 Å². The van der Waals surface area contributed by atoms with Gasteiger partial charge in [-0.1, -0.05) is 0 Å². The molecule has 0 radical (unpaired) electrons. The van der Waals surface area contributed by atoms with Crippen LogP contribution in [0.15, 0.2) is 6.20 Å². The predicted octanol–water partition coefficient (Wildman–Crippen LogP) is 0.385. The van der Waals surface area contributed by atoms with Gasteiger partial charge in [-0.15, -0.1) is 0 Å². The summed E-state index contributed by atoms with van der Waals surface area (Å²) in [6.45, 7) is 3.30. The number of hydrogen-bond acceptors (Lipinski definition) is 6. The van der Waals surface area contributed by atoms with Crippen LogP contribution in [0.5, 0.6) is 0 Å². The zero-order valence-electron chi connectivity index (χ0n) is 9.42. The Morgan fingerprint density at radius 1 is 1.53 bits per heavy atom. The Morgan fingerprint density at radius 2 is 2.35 bits per heavy atom. The van der Waals surface area contributed by atoms with Gasteiger partial charge in [-0.05, 0) is 6.92 Å². The van der Waals surface area contributed by atoms with E-state index in [1.54, 1.807) is 6.92 Å². The highest BCUT2D eigenvalue weighted by molar-refractivity contribution is 5.53. The van der Waals surface area contributed by atoms with Crippen molar-refractivity contribution in [1.29, 1.82) is 10.5 Å². The van der Waals surface area contributed by atoms with Crippen molar-refractivity contribution in [2.45, 2.75) is 13.0 Å². The van der Waals surface area contributed by atoms with Crippen LogP contribution in [0.25, 0.3) is 0 Å². The molecule has 6 heteroatoms. The molecule has 1 unspecified atom stereocenters. The molecule has 1 fully saturated rings. The van der Waals surface area contributed by atoms with Crippen molar-refractivity contribution < 1.29 is 4.74 Å². The van der Waals surface area contributed by atoms with E-state index in [1.807, 2.05) is 4.90 Å². The van der Waals surface area contributed by atoms with E-state index < -0.39 is 6.10 Å². The van der Waals surface area contributed by atoms with E-state index in [2.05, 4.69) is 22.1 Å². The second kappa shape index (κ2) is 4.77. The summed E-state index contributed by atoms with van der Waals surface area (Å²) < 4.78 is 5.25. The fourth-order valence-corrected chi connectivity index (χ4v) is 1.70. The van der Waals surface area contributed by atoms with Crippen LogP contribution in [-0.4, -0.2) is 35.8 Å². The van der Waals surface area contributed by atoms with Crippen molar-refractivity contribution in [3.8, 4) is 12.1 Å². The molecular weight excluding hydrogens is 218 g/mol. The Morgan fingerprint density at radius 3 is 3.06 bits per heavy atom. The van der Waals surface area contributed by atoms with Crippen molar-refractivity contribution in [3.05, 3.63) is 17.6 Å². The van der Waals surface area contributed by atoms with E-state index >= 15 is 0 Å². The summed E-state index contributed by atoms with van der Waals surface area (Å²) in [5.41, 5.74) is 0.425. The fourth-order valence-electron chi connectivity index (χ4n) is 1.70. The molecule has 0 spiro atoms. The maximum atomic E-state index is 9.01. The quantitative estimate of drug-likeness (QED) is 0.692. The molecule has 2 heterocycles. The Hall–Kier alpha value is -2.18. The van der Waals surface area contributed by atoms with Crippen molar-refractivity contribution in [2.24, 2.45) is 0 Å². The zero-order valence-corrected chi connectivity index (χ0v) is 9.42. The first kappa shape index (κ1) is 11.3. The van der Waals surface area contributed by atoms with E-state index in [1.165, 1.54) is 6.20 Å². The van der Waals surface area contributed by atoms with Gasteiger partial charge in [0.15, 0.2) is 6.10 Å². The summed E-state index contributed by atoms with van der Waals surface area (Å²) in [5.74, 6) is 1.20. The standard InChI is InChI=1S/C11H11N5O/c1-8-14-6-9(4-12)11(15-8)16-2-3-17-10(5-13)7-16/h6,10H,2-3,7H2,1H3. The van der Waals surface area contributed by atoms with Gasteiger partial charge in [-0.2, -0.15) is 10.5 Å². The third-order valence-electron chi connectivity index (χ3n) is 2.52. The molecule has 1 aliphatic heterocycles. The molecule has 1 saturated heterocycles. The molecule has 1 aliphatic rings. The van der Waals surface area contributed by atoms with Crippen LogP contribution in [0.2, 0.25) is 0 Å². The largest absolute Gasteiger partial charge is 0.360 e. The number of nitrogens with zero attached hydrogens (tertiary/aromatic N) is 5. The number of rotatable bonds is 1. The molecule has 1 aromatic heterocycles. The molecule has 17 heavy (non-hydrogen) atoms. The summed E-state index contributed by atoms with van der Waals surface area (Å²) in [6.07, 6.45) is 1.04. The van der Waals surface area contributed by atoms with Gasteiger partial charge in [-0.3, -0.25) is 0 Å². The van der Waals surface area contributed by atoms with Gasteiger partial charge in [0.25, 0.3) is 0 Å². The summed E-state index contributed by atoms with van der Waals surface area (Å²) >= 11 is 0. The zero-order chi connectivity index (χ0) is 12.3. The topological polar surface area (TPSA) is 85.8 Å². The van der Waals surface area contributed by atoms with Crippen LogP contribution in [0.4, 0.5) is 5.82 Å². The molecule has 0 saturated carbocycles. The average molecular weight is 229 g/mol. The molecule has 86 valence electrons. The maximum Gasteiger partial charge on any atom is 0.161 e. The van der Waals surface area contributed by atoms with E-state index in [0.717, 1.165) is 0 Å². The van der Waals surface area contributed by atoms with Crippen LogP contribution in [0.3, 0.4) is 0 Å². The number of nitriles is 2. The average Bonchev–Trinajstić information content (AvgIpc) is 2.39. The van der Waals surface area contributed by atoms with Crippen molar-refractivity contribution in [2.75, 3.05) is 24.6 Å². The molecule has 0 N–H and O–H groups in total. The number of ether oxygens (including phenoxy) is 1. The minimum absolute atomic E-state index is 0.425. The van der Waals surface area contributed by atoms with Crippen molar-refractivity contribution >= 4 is 5.82 Å². The monoisotopic (exact) mass is 229 g/mol. The van der Waals surface area contributed by atoms with Crippen LogP contribution in [0.1, 0.15) is 11.4 Å². The van der Waals surface area contributed by atoms with Crippen LogP contribution < -0.4 is 4.90 Å². The van der Waals surface area contributed by atoms with E-state index in [4.69, 9.17) is 15.3 Å². The Bertz CT molecular complexity index is 502. The van der Waals surface area contributed by atoms with Crippen molar-refractivity contribution in [3.63, 3.8) is 0 Å². The van der Waals surface area contributed by atoms with E-state index in [9.17, 15) is 0 Å². The molecule has 0 bridgehead atoms. The predicted molar refractivity (Wildman–Crippen MR) is 59.1 cm³/mol. The molecule has 1 atom stereocenters. The molecule has 0 aromatic carbocycles. The Labute approximate surface area is 99.1 Å². The third-order valence-corrected chi connectivity index (χ3v) is 2.52. The summed E-state index contributed by atoms with van der Waals surface area (Å²) in [6, 6.07) is 4.13. The number of aryl methyl sites for hydroxylation is 1.